The Morgan fingerprint density at radius 2 is 1.88 bits per heavy atom. The average molecular weight is 337 g/mol. The van der Waals surface area contributed by atoms with Gasteiger partial charge < -0.3 is 14.8 Å². The van der Waals surface area contributed by atoms with Gasteiger partial charge in [0.15, 0.2) is 0 Å². The van der Waals surface area contributed by atoms with Gasteiger partial charge in [0.1, 0.15) is 11.5 Å². The van der Waals surface area contributed by atoms with Crippen LogP contribution in [0.5, 0.6) is 0 Å². The lowest BCUT2D eigenvalue weighted by Crippen LogP contribution is -2.36. The van der Waals surface area contributed by atoms with Gasteiger partial charge in [-0.15, -0.1) is 0 Å². The minimum absolute atomic E-state index is 0.0157. The van der Waals surface area contributed by atoms with E-state index >= 15 is 0 Å². The first-order chi connectivity index (χ1) is 12.0. The summed E-state index contributed by atoms with van der Waals surface area (Å²) in [7, 11) is 0. The number of anilines is 1. The first-order valence-electron chi connectivity index (χ1n) is 8.42. The summed E-state index contributed by atoms with van der Waals surface area (Å²) in [5.74, 6) is -0.721. The van der Waals surface area contributed by atoms with Crippen LogP contribution in [0.1, 0.15) is 12.2 Å². The molecule has 0 unspecified atom stereocenters. The second-order valence-corrected chi connectivity index (χ2v) is 6.82. The third-order valence-electron chi connectivity index (χ3n) is 5.20. The van der Waals surface area contributed by atoms with Crippen molar-refractivity contribution in [1.29, 1.82) is 0 Å². The van der Waals surface area contributed by atoms with Gasteiger partial charge in [-0.1, -0.05) is 24.3 Å². The molecule has 0 aliphatic heterocycles. The van der Waals surface area contributed by atoms with Crippen molar-refractivity contribution in [3.63, 3.8) is 0 Å². The summed E-state index contributed by atoms with van der Waals surface area (Å²) in [6.45, 7) is 1.88. The van der Waals surface area contributed by atoms with E-state index in [-0.39, 0.29) is 17.7 Å². The molecule has 2 aliphatic rings. The molecule has 2 bridgehead atoms. The van der Waals surface area contributed by atoms with Crippen LogP contribution < -0.4 is 5.32 Å². The molecule has 1 amide bonds. The summed E-state index contributed by atoms with van der Waals surface area (Å²) in [6.07, 6.45) is 4.67. The maximum absolute atomic E-state index is 12.7. The van der Waals surface area contributed by atoms with Gasteiger partial charge in [-0.05, 0) is 49.4 Å². The predicted molar refractivity (Wildman–Crippen MR) is 92.9 cm³/mol. The molecule has 4 rings (SSSR count). The molecule has 4 atom stereocenters. The second kappa shape index (κ2) is 5.92. The van der Waals surface area contributed by atoms with Crippen LogP contribution in [0, 0.1) is 30.6 Å². The van der Waals surface area contributed by atoms with Crippen molar-refractivity contribution in [3.05, 3.63) is 54.3 Å². The normalized spacial score (nSPS) is 26.8. The molecule has 1 saturated carbocycles. The van der Waals surface area contributed by atoms with Gasteiger partial charge in [-0.2, -0.15) is 0 Å². The van der Waals surface area contributed by atoms with Crippen LogP contribution in [-0.4, -0.2) is 17.0 Å². The highest BCUT2D eigenvalue weighted by atomic mass is 16.4. The molecule has 25 heavy (non-hydrogen) atoms. The van der Waals surface area contributed by atoms with Gasteiger partial charge in [-0.25, -0.2) is 0 Å². The summed E-state index contributed by atoms with van der Waals surface area (Å²) in [5, 5.41) is 12.4. The van der Waals surface area contributed by atoms with Gasteiger partial charge >= 0.3 is 5.97 Å². The van der Waals surface area contributed by atoms with E-state index in [9.17, 15) is 14.7 Å². The Morgan fingerprint density at radius 1 is 1.12 bits per heavy atom. The molecule has 2 aliphatic carbocycles. The molecule has 5 nitrogen and oxygen atoms in total. The van der Waals surface area contributed by atoms with E-state index in [2.05, 4.69) is 5.32 Å². The molecule has 5 heteroatoms. The number of aliphatic carboxylic acids is 1. The fourth-order valence-corrected chi connectivity index (χ4v) is 4.08. The SMILES string of the molecule is Cc1ccc(-c2cccc(NC(=O)[C@H]3[C@@H](C(=O)O)[C@H]4C=C[C@@H]3C4)c2)o1. The highest BCUT2D eigenvalue weighted by Crippen LogP contribution is 2.48. The van der Waals surface area contributed by atoms with Gasteiger partial charge in [0.2, 0.25) is 5.91 Å². The lowest BCUT2D eigenvalue weighted by atomic mass is 9.82. The van der Waals surface area contributed by atoms with Gasteiger partial charge in [0, 0.05) is 11.3 Å². The summed E-state index contributed by atoms with van der Waals surface area (Å²) in [4.78, 5) is 24.3. The molecule has 1 aromatic heterocycles. The molecule has 2 aromatic rings. The van der Waals surface area contributed by atoms with Gasteiger partial charge in [0.05, 0.1) is 11.8 Å². The Labute approximate surface area is 145 Å². The fraction of sp³-hybridized carbons (Fsp3) is 0.300. The van der Waals surface area contributed by atoms with Crippen molar-refractivity contribution in [2.24, 2.45) is 23.7 Å². The molecule has 0 radical (unpaired) electrons. The molecule has 1 aromatic carbocycles. The number of allylic oxidation sites excluding steroid dienone is 2. The number of carbonyl (C=O) groups is 2. The number of amides is 1. The van der Waals surface area contributed by atoms with Crippen LogP contribution in [0.25, 0.3) is 11.3 Å². The number of carboxylic acid groups (broad SMARTS) is 1. The monoisotopic (exact) mass is 337 g/mol. The Balaban J connectivity index is 1.55. The van der Waals surface area contributed by atoms with Crippen molar-refractivity contribution in [2.45, 2.75) is 13.3 Å². The zero-order valence-electron chi connectivity index (χ0n) is 13.8. The number of carboxylic acids is 1. The van der Waals surface area contributed by atoms with Crippen LogP contribution in [0.15, 0.2) is 53.0 Å². The van der Waals surface area contributed by atoms with Crippen LogP contribution in [-0.2, 0) is 9.59 Å². The van der Waals surface area contributed by atoms with E-state index in [1.54, 1.807) is 6.07 Å². The van der Waals surface area contributed by atoms with E-state index in [1.165, 1.54) is 0 Å². The summed E-state index contributed by atoms with van der Waals surface area (Å²) >= 11 is 0. The zero-order valence-corrected chi connectivity index (χ0v) is 13.8. The Morgan fingerprint density at radius 3 is 2.56 bits per heavy atom. The Kier molecular flexibility index (Phi) is 3.71. The quantitative estimate of drug-likeness (QED) is 0.834. The number of rotatable bonds is 4. The van der Waals surface area contributed by atoms with Gasteiger partial charge in [-0.3, -0.25) is 9.59 Å². The van der Waals surface area contributed by atoms with E-state index < -0.39 is 17.8 Å². The Hall–Kier alpha value is -2.82. The van der Waals surface area contributed by atoms with E-state index in [0.717, 1.165) is 23.5 Å². The maximum Gasteiger partial charge on any atom is 0.307 e. The minimum atomic E-state index is -0.892. The highest BCUT2D eigenvalue weighted by Gasteiger charge is 2.51. The number of carbonyl (C=O) groups excluding carboxylic acids is 1. The molecule has 0 saturated heterocycles. The molecular weight excluding hydrogens is 318 g/mol. The lowest BCUT2D eigenvalue weighted by Gasteiger charge is -2.23. The van der Waals surface area contributed by atoms with Crippen molar-refractivity contribution in [1.82, 2.24) is 0 Å². The minimum Gasteiger partial charge on any atom is -0.481 e. The summed E-state index contributed by atoms with van der Waals surface area (Å²) in [5.41, 5.74) is 1.51. The third-order valence-corrected chi connectivity index (χ3v) is 5.20. The predicted octanol–water partition coefficient (Wildman–Crippen LogP) is 3.72. The van der Waals surface area contributed by atoms with Crippen molar-refractivity contribution >= 4 is 17.6 Å². The Bertz CT molecular complexity index is 866. The summed E-state index contributed by atoms with van der Waals surface area (Å²) < 4.78 is 5.62. The zero-order chi connectivity index (χ0) is 17.6. The number of aryl methyl sites for hydroxylation is 1. The van der Waals surface area contributed by atoms with Crippen LogP contribution in [0.4, 0.5) is 5.69 Å². The number of nitrogens with one attached hydrogen (secondary N) is 1. The molecule has 0 spiro atoms. The van der Waals surface area contributed by atoms with Crippen LogP contribution in [0.3, 0.4) is 0 Å². The number of hydrogen-bond acceptors (Lipinski definition) is 3. The highest BCUT2D eigenvalue weighted by molar-refractivity contribution is 5.96. The summed E-state index contributed by atoms with van der Waals surface area (Å²) in [6, 6.07) is 11.2. The standard InChI is InChI=1S/C20H19NO4/c1-11-5-8-16(25-11)12-3-2-4-15(10-12)21-19(22)17-13-6-7-14(9-13)18(17)20(23)24/h2-8,10,13-14,17-18H,9H2,1H3,(H,21,22)(H,23,24)/t13-,14+,17-,18+/m1/s1. The molecule has 1 fully saturated rings. The molecular formula is C20H19NO4. The largest absolute Gasteiger partial charge is 0.481 e. The van der Waals surface area contributed by atoms with E-state index in [1.807, 2.05) is 49.4 Å². The number of furan rings is 1. The maximum atomic E-state index is 12.7. The topological polar surface area (TPSA) is 79.5 Å². The van der Waals surface area contributed by atoms with Gasteiger partial charge in [0.25, 0.3) is 0 Å². The molecule has 1 heterocycles. The van der Waals surface area contributed by atoms with E-state index in [4.69, 9.17) is 4.42 Å². The van der Waals surface area contributed by atoms with Crippen molar-refractivity contribution < 1.29 is 19.1 Å². The third kappa shape index (κ3) is 2.76. The van der Waals surface area contributed by atoms with Crippen molar-refractivity contribution in [3.8, 4) is 11.3 Å². The van der Waals surface area contributed by atoms with Crippen molar-refractivity contribution in [2.75, 3.05) is 5.32 Å². The number of benzene rings is 1. The fourth-order valence-electron chi connectivity index (χ4n) is 4.08. The molecule has 128 valence electrons. The second-order valence-electron chi connectivity index (χ2n) is 6.82. The van der Waals surface area contributed by atoms with Crippen LogP contribution >= 0.6 is 0 Å². The average Bonchev–Trinajstić information content (AvgIpc) is 3.30. The lowest BCUT2D eigenvalue weighted by molar-refractivity contribution is -0.146. The molecule has 2 N–H and O–H groups in total. The first kappa shape index (κ1) is 15.7. The number of fused-ring (bicyclic) bond motifs is 2. The van der Waals surface area contributed by atoms with Crippen LogP contribution in [0.2, 0.25) is 0 Å². The number of hydrogen-bond donors (Lipinski definition) is 2. The van der Waals surface area contributed by atoms with E-state index in [0.29, 0.717) is 5.69 Å². The first-order valence-corrected chi connectivity index (χ1v) is 8.42. The smallest absolute Gasteiger partial charge is 0.307 e.